The molecule has 0 atom stereocenters. The molecular weight excluding hydrogens is 345 g/mol. The Bertz CT molecular complexity index is 878. The molecule has 2 aromatic carbocycles. The first kappa shape index (κ1) is 17.7. The first-order valence-electron chi connectivity index (χ1n) is 9.29. The van der Waals surface area contributed by atoms with Crippen LogP contribution in [0.4, 0.5) is 4.39 Å². The van der Waals surface area contributed by atoms with E-state index in [0.29, 0.717) is 38.0 Å². The summed E-state index contributed by atoms with van der Waals surface area (Å²) in [6.45, 7) is 2.56. The standard InChI is InChI=1S/C22H22FNO3/c23-19-7-5-16(6-8-19)14-26-15-17-9-11-24(12-10-17)22(25)21-13-18-3-1-2-4-20(18)27-21/h1-8,13,17H,9-12,14-15H2. The second kappa shape index (κ2) is 7.92. The lowest BCUT2D eigenvalue weighted by molar-refractivity contribution is 0.0462. The summed E-state index contributed by atoms with van der Waals surface area (Å²) in [7, 11) is 0. The van der Waals surface area contributed by atoms with Crippen molar-refractivity contribution in [2.75, 3.05) is 19.7 Å². The molecule has 5 heteroatoms. The van der Waals surface area contributed by atoms with E-state index in [1.807, 2.05) is 35.2 Å². The predicted molar refractivity (Wildman–Crippen MR) is 101 cm³/mol. The van der Waals surface area contributed by atoms with E-state index >= 15 is 0 Å². The van der Waals surface area contributed by atoms with Gasteiger partial charge < -0.3 is 14.1 Å². The summed E-state index contributed by atoms with van der Waals surface area (Å²) < 4.78 is 24.4. The summed E-state index contributed by atoms with van der Waals surface area (Å²) in [4.78, 5) is 14.5. The van der Waals surface area contributed by atoms with Crippen molar-refractivity contribution in [2.45, 2.75) is 19.4 Å². The maximum atomic E-state index is 12.9. The van der Waals surface area contributed by atoms with E-state index in [4.69, 9.17) is 9.15 Å². The Morgan fingerprint density at radius 2 is 1.85 bits per heavy atom. The Morgan fingerprint density at radius 1 is 1.11 bits per heavy atom. The molecule has 4 rings (SSSR count). The SMILES string of the molecule is O=C(c1cc2ccccc2o1)N1CCC(COCc2ccc(F)cc2)CC1. The molecule has 1 fully saturated rings. The normalized spacial score (nSPS) is 15.4. The van der Waals surface area contributed by atoms with Crippen LogP contribution in [0.5, 0.6) is 0 Å². The zero-order valence-electron chi connectivity index (χ0n) is 15.1. The molecule has 1 amide bonds. The number of para-hydroxylation sites is 1. The van der Waals surface area contributed by atoms with Crippen LogP contribution in [0.2, 0.25) is 0 Å². The van der Waals surface area contributed by atoms with Crippen molar-refractivity contribution in [2.24, 2.45) is 5.92 Å². The first-order chi connectivity index (χ1) is 13.2. The van der Waals surface area contributed by atoms with Crippen molar-refractivity contribution in [3.63, 3.8) is 0 Å². The lowest BCUT2D eigenvalue weighted by Gasteiger charge is -2.31. The van der Waals surface area contributed by atoms with Crippen LogP contribution in [0.3, 0.4) is 0 Å². The summed E-state index contributed by atoms with van der Waals surface area (Å²) >= 11 is 0. The van der Waals surface area contributed by atoms with Gasteiger partial charge in [0.2, 0.25) is 0 Å². The summed E-state index contributed by atoms with van der Waals surface area (Å²) in [5.74, 6) is 0.560. The van der Waals surface area contributed by atoms with Gasteiger partial charge in [-0.1, -0.05) is 30.3 Å². The molecule has 0 saturated carbocycles. The van der Waals surface area contributed by atoms with Gasteiger partial charge in [0, 0.05) is 25.1 Å². The molecule has 4 nitrogen and oxygen atoms in total. The van der Waals surface area contributed by atoms with Crippen LogP contribution in [-0.2, 0) is 11.3 Å². The lowest BCUT2D eigenvalue weighted by atomic mass is 9.97. The second-order valence-electron chi connectivity index (χ2n) is 7.03. The van der Waals surface area contributed by atoms with E-state index in [-0.39, 0.29) is 11.7 Å². The van der Waals surface area contributed by atoms with Gasteiger partial charge in [0.15, 0.2) is 5.76 Å². The summed E-state index contributed by atoms with van der Waals surface area (Å²) in [5, 5.41) is 0.949. The summed E-state index contributed by atoms with van der Waals surface area (Å²) in [6.07, 6.45) is 1.82. The number of rotatable bonds is 5. The molecule has 1 aliphatic rings. The van der Waals surface area contributed by atoms with Crippen LogP contribution >= 0.6 is 0 Å². The fourth-order valence-corrected chi connectivity index (χ4v) is 3.47. The predicted octanol–water partition coefficient (Wildman–Crippen LogP) is 4.64. The number of hydrogen-bond donors (Lipinski definition) is 0. The van der Waals surface area contributed by atoms with Gasteiger partial charge in [0.25, 0.3) is 5.91 Å². The Labute approximate surface area is 157 Å². The largest absolute Gasteiger partial charge is 0.451 e. The molecule has 1 saturated heterocycles. The number of amides is 1. The third-order valence-electron chi connectivity index (χ3n) is 5.07. The zero-order valence-corrected chi connectivity index (χ0v) is 15.1. The average molecular weight is 367 g/mol. The van der Waals surface area contributed by atoms with Gasteiger partial charge in [-0.05, 0) is 48.6 Å². The molecule has 140 valence electrons. The van der Waals surface area contributed by atoms with Gasteiger partial charge in [-0.3, -0.25) is 4.79 Å². The Kier molecular flexibility index (Phi) is 5.21. The van der Waals surface area contributed by atoms with Crippen LogP contribution < -0.4 is 0 Å². The molecule has 2 heterocycles. The molecule has 0 spiro atoms. The number of ether oxygens (including phenoxy) is 1. The van der Waals surface area contributed by atoms with Crippen molar-refractivity contribution in [1.29, 1.82) is 0 Å². The Balaban J connectivity index is 1.25. The van der Waals surface area contributed by atoms with Gasteiger partial charge in [-0.25, -0.2) is 4.39 Å². The first-order valence-corrected chi connectivity index (χ1v) is 9.29. The molecule has 0 radical (unpaired) electrons. The molecule has 27 heavy (non-hydrogen) atoms. The lowest BCUT2D eigenvalue weighted by Crippen LogP contribution is -2.39. The fourth-order valence-electron chi connectivity index (χ4n) is 3.47. The summed E-state index contributed by atoms with van der Waals surface area (Å²) in [6, 6.07) is 15.8. The van der Waals surface area contributed by atoms with Crippen molar-refractivity contribution in [1.82, 2.24) is 4.90 Å². The number of likely N-dealkylation sites (tertiary alicyclic amines) is 1. The van der Waals surface area contributed by atoms with Gasteiger partial charge >= 0.3 is 0 Å². The fraction of sp³-hybridized carbons (Fsp3) is 0.318. The molecule has 0 bridgehead atoms. The Hall–Kier alpha value is -2.66. The number of nitrogens with zero attached hydrogens (tertiary/aromatic N) is 1. The topological polar surface area (TPSA) is 42.7 Å². The zero-order chi connectivity index (χ0) is 18.6. The minimum Gasteiger partial charge on any atom is -0.451 e. The molecule has 1 aromatic heterocycles. The third kappa shape index (κ3) is 4.19. The average Bonchev–Trinajstić information content (AvgIpc) is 3.14. The van der Waals surface area contributed by atoms with E-state index in [2.05, 4.69) is 0 Å². The van der Waals surface area contributed by atoms with Gasteiger partial charge in [0.1, 0.15) is 11.4 Å². The minimum atomic E-state index is -0.236. The number of piperidine rings is 1. The van der Waals surface area contributed by atoms with Gasteiger partial charge in [-0.15, -0.1) is 0 Å². The van der Waals surface area contributed by atoms with Crippen molar-refractivity contribution >= 4 is 16.9 Å². The molecule has 0 N–H and O–H groups in total. The van der Waals surface area contributed by atoms with E-state index in [0.717, 1.165) is 29.4 Å². The number of hydrogen-bond acceptors (Lipinski definition) is 3. The van der Waals surface area contributed by atoms with E-state index in [9.17, 15) is 9.18 Å². The Morgan fingerprint density at radius 3 is 2.59 bits per heavy atom. The number of halogens is 1. The molecule has 0 aliphatic carbocycles. The minimum absolute atomic E-state index is 0.0446. The van der Waals surface area contributed by atoms with Crippen molar-refractivity contribution in [3.05, 3.63) is 71.7 Å². The van der Waals surface area contributed by atoms with Crippen LogP contribution in [0, 0.1) is 11.7 Å². The summed E-state index contributed by atoms with van der Waals surface area (Å²) in [5.41, 5.74) is 1.71. The van der Waals surface area contributed by atoms with Crippen LogP contribution in [0.15, 0.2) is 59.0 Å². The van der Waals surface area contributed by atoms with Gasteiger partial charge in [-0.2, -0.15) is 0 Å². The smallest absolute Gasteiger partial charge is 0.289 e. The highest BCUT2D eigenvalue weighted by Crippen LogP contribution is 2.23. The highest BCUT2D eigenvalue weighted by atomic mass is 19.1. The van der Waals surface area contributed by atoms with Crippen molar-refractivity contribution < 1.29 is 18.3 Å². The maximum Gasteiger partial charge on any atom is 0.289 e. The van der Waals surface area contributed by atoms with Crippen LogP contribution in [0.1, 0.15) is 29.0 Å². The number of benzene rings is 2. The number of furan rings is 1. The molecule has 0 unspecified atom stereocenters. The number of carbonyl (C=O) groups excluding carboxylic acids is 1. The second-order valence-corrected chi connectivity index (χ2v) is 7.03. The van der Waals surface area contributed by atoms with Gasteiger partial charge in [0.05, 0.1) is 6.61 Å². The monoisotopic (exact) mass is 367 g/mol. The van der Waals surface area contributed by atoms with E-state index in [1.165, 1.54) is 12.1 Å². The third-order valence-corrected chi connectivity index (χ3v) is 5.07. The molecular formula is C22H22FNO3. The molecule has 1 aliphatic heterocycles. The van der Waals surface area contributed by atoms with Crippen LogP contribution in [-0.4, -0.2) is 30.5 Å². The van der Waals surface area contributed by atoms with E-state index in [1.54, 1.807) is 12.1 Å². The quantitative estimate of drug-likeness (QED) is 0.660. The number of fused-ring (bicyclic) bond motifs is 1. The highest BCUT2D eigenvalue weighted by Gasteiger charge is 2.25. The maximum absolute atomic E-state index is 12.9. The molecule has 3 aromatic rings. The van der Waals surface area contributed by atoms with Crippen LogP contribution in [0.25, 0.3) is 11.0 Å². The van der Waals surface area contributed by atoms with E-state index < -0.39 is 0 Å². The highest BCUT2D eigenvalue weighted by molar-refractivity contribution is 5.96. The number of carbonyl (C=O) groups is 1. The van der Waals surface area contributed by atoms with Crippen molar-refractivity contribution in [3.8, 4) is 0 Å².